The van der Waals surface area contributed by atoms with Crippen molar-refractivity contribution in [1.29, 1.82) is 0 Å². The molecule has 2 aromatic carbocycles. The average Bonchev–Trinajstić information content (AvgIpc) is 2.61. The molecular weight excluding hydrogens is 345 g/mol. The second-order valence-electron chi connectivity index (χ2n) is 6.78. The lowest BCUT2D eigenvalue weighted by molar-refractivity contribution is -0.116. The Hall–Kier alpha value is -2.73. The molecule has 6 heteroatoms. The Labute approximate surface area is 159 Å². The van der Waals surface area contributed by atoms with E-state index in [1.807, 2.05) is 39.0 Å². The van der Waals surface area contributed by atoms with E-state index in [4.69, 9.17) is 0 Å². The molecule has 0 saturated heterocycles. The van der Waals surface area contributed by atoms with Crippen molar-refractivity contribution < 1.29 is 14.0 Å². The number of hydrogen-bond acceptors (Lipinski definition) is 3. The lowest BCUT2D eigenvalue weighted by Gasteiger charge is -2.10. The third-order valence-electron chi connectivity index (χ3n) is 3.86. The predicted molar refractivity (Wildman–Crippen MR) is 106 cm³/mol. The highest BCUT2D eigenvalue weighted by molar-refractivity contribution is 6.04. The molecule has 0 spiro atoms. The van der Waals surface area contributed by atoms with Gasteiger partial charge in [-0.1, -0.05) is 32.9 Å². The Morgan fingerprint density at radius 3 is 2.52 bits per heavy atom. The molecule has 5 nitrogen and oxygen atoms in total. The Kier molecular flexibility index (Phi) is 7.49. The topological polar surface area (TPSA) is 70.2 Å². The van der Waals surface area contributed by atoms with Gasteiger partial charge in [0.05, 0.1) is 5.69 Å². The Morgan fingerprint density at radius 1 is 1.07 bits per heavy atom. The van der Waals surface area contributed by atoms with Crippen molar-refractivity contribution in [2.24, 2.45) is 5.92 Å². The SMILES string of the molecule is CCNCc1cccc(NC(=O)c2ccc(NC(=O)CC(C)C)c(F)c2)c1. The van der Waals surface area contributed by atoms with Gasteiger partial charge in [-0.15, -0.1) is 0 Å². The highest BCUT2D eigenvalue weighted by atomic mass is 19.1. The van der Waals surface area contributed by atoms with Gasteiger partial charge in [-0.05, 0) is 48.4 Å². The Morgan fingerprint density at radius 2 is 1.85 bits per heavy atom. The summed E-state index contributed by atoms with van der Waals surface area (Å²) < 4.78 is 14.2. The molecule has 3 N–H and O–H groups in total. The number of carbonyl (C=O) groups is 2. The van der Waals surface area contributed by atoms with E-state index in [2.05, 4.69) is 16.0 Å². The first-order valence-corrected chi connectivity index (χ1v) is 9.09. The van der Waals surface area contributed by atoms with Gasteiger partial charge in [-0.25, -0.2) is 4.39 Å². The lowest BCUT2D eigenvalue weighted by Crippen LogP contribution is -2.16. The molecule has 0 unspecified atom stereocenters. The molecular formula is C21H26FN3O2. The zero-order valence-corrected chi connectivity index (χ0v) is 15.9. The van der Waals surface area contributed by atoms with E-state index in [-0.39, 0.29) is 23.1 Å². The van der Waals surface area contributed by atoms with E-state index in [0.717, 1.165) is 18.2 Å². The molecule has 27 heavy (non-hydrogen) atoms. The molecule has 2 rings (SSSR count). The summed E-state index contributed by atoms with van der Waals surface area (Å²) in [4.78, 5) is 24.2. The molecule has 144 valence electrons. The molecule has 0 aromatic heterocycles. The van der Waals surface area contributed by atoms with Crippen LogP contribution in [-0.4, -0.2) is 18.4 Å². The fourth-order valence-corrected chi connectivity index (χ4v) is 2.56. The van der Waals surface area contributed by atoms with Gasteiger partial charge in [0.2, 0.25) is 5.91 Å². The molecule has 0 heterocycles. The van der Waals surface area contributed by atoms with Crippen molar-refractivity contribution in [2.75, 3.05) is 17.2 Å². The maximum Gasteiger partial charge on any atom is 0.255 e. The fraction of sp³-hybridized carbons (Fsp3) is 0.333. The summed E-state index contributed by atoms with van der Waals surface area (Å²) >= 11 is 0. The van der Waals surface area contributed by atoms with E-state index >= 15 is 0 Å². The quantitative estimate of drug-likeness (QED) is 0.652. The highest BCUT2D eigenvalue weighted by Crippen LogP contribution is 2.18. The van der Waals surface area contributed by atoms with Crippen LogP contribution in [0.4, 0.5) is 15.8 Å². The van der Waals surface area contributed by atoms with Crippen molar-refractivity contribution in [3.63, 3.8) is 0 Å². The fourth-order valence-electron chi connectivity index (χ4n) is 2.56. The van der Waals surface area contributed by atoms with Crippen molar-refractivity contribution >= 4 is 23.2 Å². The van der Waals surface area contributed by atoms with Gasteiger partial charge in [0.15, 0.2) is 0 Å². The average molecular weight is 371 g/mol. The summed E-state index contributed by atoms with van der Waals surface area (Å²) in [6.45, 7) is 7.41. The number of nitrogens with one attached hydrogen (secondary N) is 3. The second-order valence-corrected chi connectivity index (χ2v) is 6.78. The normalized spacial score (nSPS) is 10.7. The Balaban J connectivity index is 2.04. The zero-order chi connectivity index (χ0) is 19.8. The number of halogens is 1. The molecule has 0 atom stereocenters. The van der Waals surface area contributed by atoms with Crippen LogP contribution in [0.5, 0.6) is 0 Å². The molecule has 0 saturated carbocycles. The van der Waals surface area contributed by atoms with Crippen LogP contribution in [-0.2, 0) is 11.3 Å². The Bertz CT molecular complexity index is 806. The number of anilines is 2. The molecule has 2 amide bonds. The highest BCUT2D eigenvalue weighted by Gasteiger charge is 2.13. The standard InChI is InChI=1S/C21H26FN3O2/c1-4-23-13-15-6-5-7-17(11-15)24-21(27)16-8-9-19(18(22)12-16)25-20(26)10-14(2)3/h5-9,11-12,14,23H,4,10,13H2,1-3H3,(H,24,27)(H,25,26). The molecule has 2 aromatic rings. The van der Waals surface area contributed by atoms with Crippen LogP contribution in [0.25, 0.3) is 0 Å². The van der Waals surface area contributed by atoms with Crippen LogP contribution in [0.2, 0.25) is 0 Å². The summed E-state index contributed by atoms with van der Waals surface area (Å²) in [5.74, 6) is -1.12. The van der Waals surface area contributed by atoms with Crippen LogP contribution in [0.1, 0.15) is 43.1 Å². The van der Waals surface area contributed by atoms with Crippen LogP contribution in [0, 0.1) is 11.7 Å². The van der Waals surface area contributed by atoms with Crippen molar-refractivity contribution in [2.45, 2.75) is 33.7 Å². The van der Waals surface area contributed by atoms with Gasteiger partial charge in [0, 0.05) is 24.2 Å². The number of rotatable bonds is 8. The minimum atomic E-state index is -0.638. The summed E-state index contributed by atoms with van der Waals surface area (Å²) in [6.07, 6.45) is 0.310. The monoisotopic (exact) mass is 371 g/mol. The number of amides is 2. The number of hydrogen-bond donors (Lipinski definition) is 3. The molecule has 0 aliphatic rings. The molecule has 0 fully saturated rings. The van der Waals surface area contributed by atoms with Crippen molar-refractivity contribution in [3.05, 3.63) is 59.4 Å². The second kappa shape index (κ2) is 9.83. The van der Waals surface area contributed by atoms with Gasteiger partial charge >= 0.3 is 0 Å². The van der Waals surface area contributed by atoms with Gasteiger partial charge in [0.1, 0.15) is 5.82 Å². The molecule has 0 bridgehead atoms. The first-order chi connectivity index (χ1) is 12.9. The summed E-state index contributed by atoms with van der Waals surface area (Å²) in [7, 11) is 0. The smallest absolute Gasteiger partial charge is 0.255 e. The van der Waals surface area contributed by atoms with Crippen LogP contribution in [0.3, 0.4) is 0 Å². The largest absolute Gasteiger partial charge is 0.324 e. The van der Waals surface area contributed by atoms with E-state index < -0.39 is 11.7 Å². The van der Waals surface area contributed by atoms with E-state index in [1.54, 1.807) is 6.07 Å². The summed E-state index contributed by atoms with van der Waals surface area (Å²) in [6, 6.07) is 11.5. The third-order valence-corrected chi connectivity index (χ3v) is 3.86. The van der Waals surface area contributed by atoms with Gasteiger partial charge in [-0.3, -0.25) is 9.59 Å². The number of carbonyl (C=O) groups excluding carboxylic acids is 2. The number of benzene rings is 2. The van der Waals surface area contributed by atoms with E-state index in [9.17, 15) is 14.0 Å². The first-order valence-electron chi connectivity index (χ1n) is 9.09. The molecule has 0 radical (unpaired) electrons. The van der Waals surface area contributed by atoms with Gasteiger partial charge < -0.3 is 16.0 Å². The first kappa shape index (κ1) is 20.6. The van der Waals surface area contributed by atoms with Crippen LogP contribution in [0.15, 0.2) is 42.5 Å². The summed E-state index contributed by atoms with van der Waals surface area (Å²) in [5.41, 5.74) is 1.95. The lowest BCUT2D eigenvalue weighted by atomic mass is 10.1. The van der Waals surface area contributed by atoms with Crippen molar-refractivity contribution in [1.82, 2.24) is 5.32 Å². The van der Waals surface area contributed by atoms with E-state index in [1.165, 1.54) is 12.1 Å². The summed E-state index contributed by atoms with van der Waals surface area (Å²) in [5, 5.41) is 8.52. The van der Waals surface area contributed by atoms with Crippen LogP contribution >= 0.6 is 0 Å². The maximum absolute atomic E-state index is 14.2. The minimum Gasteiger partial charge on any atom is -0.324 e. The van der Waals surface area contributed by atoms with E-state index in [0.29, 0.717) is 18.7 Å². The predicted octanol–water partition coefficient (Wildman–Crippen LogP) is 4.17. The maximum atomic E-state index is 14.2. The van der Waals surface area contributed by atoms with Crippen LogP contribution < -0.4 is 16.0 Å². The molecule has 0 aliphatic heterocycles. The minimum absolute atomic E-state index is 0.0739. The van der Waals surface area contributed by atoms with Crippen molar-refractivity contribution in [3.8, 4) is 0 Å². The molecule has 0 aliphatic carbocycles. The van der Waals surface area contributed by atoms with Gasteiger partial charge in [-0.2, -0.15) is 0 Å². The third kappa shape index (κ3) is 6.49. The van der Waals surface area contributed by atoms with Gasteiger partial charge in [0.25, 0.3) is 5.91 Å². The zero-order valence-electron chi connectivity index (χ0n) is 15.9.